The number of hydrogen-bond donors (Lipinski definition) is 1. The van der Waals surface area contributed by atoms with E-state index in [0.717, 1.165) is 5.56 Å². The standard InChI is InChI=1S/C19H19FN2O2/c1-13(14-5-3-2-4-6-14)21-19(24)15-11-18(23)22(12-15)17-9-7-16(20)8-10-17/h2-10,13,15H,11-12H2,1H3,(H,21,24)/t13-,15+/m0/s1. The third kappa shape index (κ3) is 3.45. The van der Waals surface area contributed by atoms with Crippen molar-refractivity contribution in [3.05, 3.63) is 66.0 Å². The molecular weight excluding hydrogens is 307 g/mol. The fourth-order valence-corrected chi connectivity index (χ4v) is 2.91. The molecule has 2 aromatic rings. The molecule has 0 radical (unpaired) electrons. The molecule has 0 bridgehead atoms. The summed E-state index contributed by atoms with van der Waals surface area (Å²) in [5, 5.41) is 2.96. The number of hydrogen-bond acceptors (Lipinski definition) is 2. The average Bonchev–Trinajstić information content (AvgIpc) is 2.98. The Kier molecular flexibility index (Phi) is 4.60. The summed E-state index contributed by atoms with van der Waals surface area (Å²) in [7, 11) is 0. The van der Waals surface area contributed by atoms with E-state index < -0.39 is 5.92 Å². The van der Waals surface area contributed by atoms with Gasteiger partial charge in [-0.1, -0.05) is 30.3 Å². The van der Waals surface area contributed by atoms with Crippen LogP contribution < -0.4 is 10.2 Å². The number of benzene rings is 2. The Morgan fingerprint density at radius 2 is 1.83 bits per heavy atom. The second kappa shape index (κ2) is 6.83. The van der Waals surface area contributed by atoms with Crippen LogP contribution in [-0.4, -0.2) is 18.4 Å². The van der Waals surface area contributed by atoms with E-state index in [-0.39, 0.29) is 30.1 Å². The van der Waals surface area contributed by atoms with Gasteiger partial charge in [0.1, 0.15) is 5.82 Å². The quantitative estimate of drug-likeness (QED) is 0.939. The summed E-state index contributed by atoms with van der Waals surface area (Å²) in [5.41, 5.74) is 1.64. The summed E-state index contributed by atoms with van der Waals surface area (Å²) < 4.78 is 13.0. The predicted octanol–water partition coefficient (Wildman–Crippen LogP) is 3.06. The average molecular weight is 326 g/mol. The molecule has 124 valence electrons. The molecule has 0 spiro atoms. The minimum atomic E-state index is -0.395. The van der Waals surface area contributed by atoms with Gasteiger partial charge in [0, 0.05) is 18.7 Å². The van der Waals surface area contributed by atoms with Gasteiger partial charge in [-0.15, -0.1) is 0 Å². The summed E-state index contributed by atoms with van der Waals surface area (Å²) in [4.78, 5) is 26.2. The molecule has 1 heterocycles. The van der Waals surface area contributed by atoms with E-state index in [4.69, 9.17) is 0 Å². The first-order valence-electron chi connectivity index (χ1n) is 7.96. The summed E-state index contributed by atoms with van der Waals surface area (Å²) >= 11 is 0. The van der Waals surface area contributed by atoms with E-state index in [1.54, 1.807) is 12.1 Å². The number of nitrogens with zero attached hydrogens (tertiary/aromatic N) is 1. The molecule has 2 aromatic carbocycles. The van der Waals surface area contributed by atoms with Crippen LogP contribution in [0.4, 0.5) is 10.1 Å². The van der Waals surface area contributed by atoms with Gasteiger partial charge in [-0.25, -0.2) is 4.39 Å². The summed E-state index contributed by atoms with van der Waals surface area (Å²) in [6.07, 6.45) is 0.171. The lowest BCUT2D eigenvalue weighted by Crippen LogP contribution is -2.34. The number of halogens is 1. The monoisotopic (exact) mass is 326 g/mol. The molecule has 0 unspecified atom stereocenters. The number of anilines is 1. The van der Waals surface area contributed by atoms with Crippen LogP contribution in [0.25, 0.3) is 0 Å². The number of carbonyl (C=O) groups excluding carboxylic acids is 2. The van der Waals surface area contributed by atoms with Crippen LogP contribution in [0.15, 0.2) is 54.6 Å². The Bertz CT molecular complexity index is 731. The highest BCUT2D eigenvalue weighted by Gasteiger charge is 2.35. The van der Waals surface area contributed by atoms with Gasteiger partial charge in [0.05, 0.1) is 12.0 Å². The van der Waals surface area contributed by atoms with Crippen molar-refractivity contribution in [2.75, 3.05) is 11.4 Å². The van der Waals surface area contributed by atoms with Gasteiger partial charge in [-0.05, 0) is 36.8 Å². The van der Waals surface area contributed by atoms with Crippen molar-refractivity contribution in [1.82, 2.24) is 5.32 Å². The van der Waals surface area contributed by atoms with Crippen LogP contribution in [0.5, 0.6) is 0 Å². The van der Waals surface area contributed by atoms with Gasteiger partial charge in [-0.2, -0.15) is 0 Å². The summed E-state index contributed by atoms with van der Waals surface area (Å²) in [6, 6.07) is 15.3. The predicted molar refractivity (Wildman–Crippen MR) is 89.9 cm³/mol. The van der Waals surface area contributed by atoms with Crippen molar-refractivity contribution >= 4 is 17.5 Å². The molecule has 2 amide bonds. The number of nitrogens with one attached hydrogen (secondary N) is 1. The van der Waals surface area contributed by atoms with Crippen molar-refractivity contribution < 1.29 is 14.0 Å². The first-order chi connectivity index (χ1) is 11.5. The Morgan fingerprint density at radius 3 is 2.50 bits per heavy atom. The van der Waals surface area contributed by atoms with Crippen LogP contribution >= 0.6 is 0 Å². The lowest BCUT2D eigenvalue weighted by molar-refractivity contribution is -0.126. The summed E-state index contributed by atoms with van der Waals surface area (Å²) in [5.74, 6) is -0.997. The summed E-state index contributed by atoms with van der Waals surface area (Å²) in [6.45, 7) is 2.24. The number of amides is 2. The maximum absolute atomic E-state index is 13.0. The molecule has 2 atom stereocenters. The van der Waals surface area contributed by atoms with Crippen molar-refractivity contribution in [3.8, 4) is 0 Å². The molecule has 1 aliphatic rings. The number of carbonyl (C=O) groups is 2. The smallest absolute Gasteiger partial charge is 0.227 e. The molecule has 0 saturated carbocycles. The molecule has 1 saturated heterocycles. The van der Waals surface area contributed by atoms with Gasteiger partial charge < -0.3 is 10.2 Å². The zero-order valence-electron chi connectivity index (χ0n) is 13.4. The van der Waals surface area contributed by atoms with Gasteiger partial charge in [0.15, 0.2) is 0 Å². The van der Waals surface area contributed by atoms with E-state index >= 15 is 0 Å². The van der Waals surface area contributed by atoms with Crippen molar-refractivity contribution in [3.63, 3.8) is 0 Å². The Balaban J connectivity index is 1.64. The molecule has 1 fully saturated rings. The van der Waals surface area contributed by atoms with Crippen LogP contribution in [0.1, 0.15) is 24.9 Å². The lowest BCUT2D eigenvalue weighted by Gasteiger charge is -2.19. The Hall–Kier alpha value is -2.69. The zero-order chi connectivity index (χ0) is 17.1. The van der Waals surface area contributed by atoms with E-state index in [1.807, 2.05) is 37.3 Å². The van der Waals surface area contributed by atoms with Crippen LogP contribution in [0, 0.1) is 11.7 Å². The van der Waals surface area contributed by atoms with Crippen LogP contribution in [0.2, 0.25) is 0 Å². The maximum Gasteiger partial charge on any atom is 0.227 e. The van der Waals surface area contributed by atoms with Crippen molar-refractivity contribution in [1.29, 1.82) is 0 Å². The highest BCUT2D eigenvalue weighted by molar-refractivity contribution is 6.00. The molecule has 1 N–H and O–H groups in total. The second-order valence-corrected chi connectivity index (χ2v) is 6.02. The number of rotatable bonds is 4. The Labute approximate surface area is 140 Å². The van der Waals surface area contributed by atoms with Gasteiger partial charge >= 0.3 is 0 Å². The zero-order valence-corrected chi connectivity index (χ0v) is 13.4. The topological polar surface area (TPSA) is 49.4 Å². The molecule has 4 nitrogen and oxygen atoms in total. The SMILES string of the molecule is C[C@H](NC(=O)[C@@H]1CC(=O)N(c2ccc(F)cc2)C1)c1ccccc1. The normalized spacial score (nSPS) is 18.5. The highest BCUT2D eigenvalue weighted by Crippen LogP contribution is 2.26. The van der Waals surface area contributed by atoms with Gasteiger partial charge in [0.25, 0.3) is 0 Å². The maximum atomic E-state index is 13.0. The fourth-order valence-electron chi connectivity index (χ4n) is 2.91. The molecular formula is C19H19FN2O2. The van der Waals surface area contributed by atoms with Crippen LogP contribution in [-0.2, 0) is 9.59 Å². The van der Waals surface area contributed by atoms with E-state index in [1.165, 1.54) is 17.0 Å². The van der Waals surface area contributed by atoms with Gasteiger partial charge in [-0.3, -0.25) is 9.59 Å². The fraction of sp³-hybridized carbons (Fsp3) is 0.263. The lowest BCUT2D eigenvalue weighted by atomic mass is 10.1. The van der Waals surface area contributed by atoms with Crippen LogP contribution in [0.3, 0.4) is 0 Å². The van der Waals surface area contributed by atoms with E-state index in [2.05, 4.69) is 5.32 Å². The molecule has 0 aromatic heterocycles. The second-order valence-electron chi connectivity index (χ2n) is 6.02. The Morgan fingerprint density at radius 1 is 1.17 bits per heavy atom. The molecule has 1 aliphatic heterocycles. The minimum absolute atomic E-state index is 0.117. The third-order valence-corrected chi connectivity index (χ3v) is 4.29. The largest absolute Gasteiger partial charge is 0.349 e. The first kappa shape index (κ1) is 16.2. The van der Waals surface area contributed by atoms with E-state index in [0.29, 0.717) is 12.2 Å². The van der Waals surface area contributed by atoms with Gasteiger partial charge in [0.2, 0.25) is 11.8 Å². The first-order valence-corrected chi connectivity index (χ1v) is 7.96. The van der Waals surface area contributed by atoms with E-state index in [9.17, 15) is 14.0 Å². The van der Waals surface area contributed by atoms with Crippen molar-refractivity contribution in [2.45, 2.75) is 19.4 Å². The minimum Gasteiger partial charge on any atom is -0.349 e. The molecule has 5 heteroatoms. The third-order valence-electron chi connectivity index (χ3n) is 4.29. The molecule has 0 aliphatic carbocycles. The molecule has 3 rings (SSSR count). The highest BCUT2D eigenvalue weighted by atomic mass is 19.1. The van der Waals surface area contributed by atoms with Crippen molar-refractivity contribution in [2.24, 2.45) is 5.92 Å². The molecule has 24 heavy (non-hydrogen) atoms.